The van der Waals surface area contributed by atoms with Gasteiger partial charge in [0.05, 0.1) is 15.9 Å². The molecule has 1 aliphatic rings. The molecule has 1 unspecified atom stereocenters. The van der Waals surface area contributed by atoms with Crippen molar-refractivity contribution in [2.45, 2.75) is 20.0 Å². The lowest BCUT2D eigenvalue weighted by Crippen LogP contribution is -2.39. The van der Waals surface area contributed by atoms with E-state index in [0.29, 0.717) is 13.2 Å². The molecule has 2 heterocycles. The molecule has 2 rings (SSSR count). The third-order valence-electron chi connectivity index (χ3n) is 2.75. The molecule has 19 heavy (non-hydrogen) atoms. The maximum atomic E-state index is 10.4. The summed E-state index contributed by atoms with van der Waals surface area (Å²) in [7, 11) is -4.16. The molecule has 1 aliphatic heterocycles. The van der Waals surface area contributed by atoms with Crippen molar-refractivity contribution in [1.82, 2.24) is 5.32 Å². The molecule has 6 nitrogen and oxygen atoms in total. The molecule has 0 fully saturated rings. The van der Waals surface area contributed by atoms with E-state index in [1.54, 1.807) is 11.3 Å². The lowest BCUT2D eigenvalue weighted by Gasteiger charge is -2.26. The Kier molecular flexibility index (Phi) is 4.34. The number of hydrogen-bond acceptors (Lipinski definition) is 7. The van der Waals surface area contributed by atoms with Crippen molar-refractivity contribution in [3.05, 3.63) is 9.75 Å². The summed E-state index contributed by atoms with van der Waals surface area (Å²) >= 11 is 1.63. The third-order valence-corrected chi connectivity index (χ3v) is 4.44. The largest absolute Gasteiger partial charge is 0.748 e. The van der Waals surface area contributed by atoms with Gasteiger partial charge in [0.1, 0.15) is 12.7 Å². The summed E-state index contributed by atoms with van der Waals surface area (Å²) in [5.41, 5.74) is 0. The molecule has 0 spiro atoms. The molecule has 0 amide bonds. The van der Waals surface area contributed by atoms with Crippen molar-refractivity contribution < 1.29 is 22.4 Å². The first-order valence-electron chi connectivity index (χ1n) is 5.90. The van der Waals surface area contributed by atoms with Gasteiger partial charge in [-0.25, -0.2) is 8.42 Å². The van der Waals surface area contributed by atoms with E-state index in [4.69, 9.17) is 9.47 Å². The highest BCUT2D eigenvalue weighted by molar-refractivity contribution is 7.85. The van der Waals surface area contributed by atoms with Crippen LogP contribution in [0.3, 0.4) is 0 Å². The summed E-state index contributed by atoms with van der Waals surface area (Å²) in [6, 6.07) is 0. The van der Waals surface area contributed by atoms with Crippen LogP contribution in [0.5, 0.6) is 11.5 Å². The fourth-order valence-electron chi connectivity index (χ4n) is 1.88. The molecule has 0 bridgehead atoms. The van der Waals surface area contributed by atoms with Crippen LogP contribution in [0.2, 0.25) is 0 Å². The normalized spacial score (nSPS) is 18.6. The monoisotopic (exact) mass is 306 g/mol. The van der Waals surface area contributed by atoms with Crippen LogP contribution in [-0.2, 0) is 10.1 Å². The Morgan fingerprint density at radius 3 is 2.74 bits per heavy atom. The molecule has 0 aliphatic carbocycles. The highest BCUT2D eigenvalue weighted by atomic mass is 32.2. The van der Waals surface area contributed by atoms with Crippen LogP contribution >= 0.6 is 11.3 Å². The average Bonchev–Trinajstić information content (AvgIpc) is 2.59. The fraction of sp³-hybridized carbons (Fsp3) is 0.636. The SMILES string of the molecule is Cc1sc(C)c2c1OCC(CNCCS(=O)(=O)[O-])O2. The number of thiophene rings is 1. The second-order valence-corrected chi connectivity index (χ2v) is 7.34. The topological polar surface area (TPSA) is 87.7 Å². The minimum atomic E-state index is -4.16. The van der Waals surface area contributed by atoms with E-state index in [0.717, 1.165) is 21.3 Å². The summed E-state index contributed by atoms with van der Waals surface area (Å²) in [6.45, 7) is 4.95. The summed E-state index contributed by atoms with van der Waals surface area (Å²) in [4.78, 5) is 2.16. The first-order chi connectivity index (χ1) is 8.87. The van der Waals surface area contributed by atoms with Gasteiger partial charge in [0.2, 0.25) is 0 Å². The Bertz CT molecular complexity index is 552. The van der Waals surface area contributed by atoms with Crippen molar-refractivity contribution >= 4 is 21.5 Å². The lowest BCUT2D eigenvalue weighted by atomic mass is 10.3. The summed E-state index contributed by atoms with van der Waals surface area (Å²) in [5, 5.41) is 2.89. The Balaban J connectivity index is 1.84. The van der Waals surface area contributed by atoms with E-state index < -0.39 is 15.9 Å². The molecule has 1 aromatic rings. The Hall–Kier alpha value is -0.830. The van der Waals surface area contributed by atoms with E-state index in [-0.39, 0.29) is 12.6 Å². The zero-order valence-corrected chi connectivity index (χ0v) is 12.4. The number of ether oxygens (including phenoxy) is 2. The molecule has 1 N–H and O–H groups in total. The van der Waals surface area contributed by atoms with Gasteiger partial charge in [0.25, 0.3) is 0 Å². The van der Waals surface area contributed by atoms with Crippen LogP contribution in [0.4, 0.5) is 0 Å². The van der Waals surface area contributed by atoms with Gasteiger partial charge in [-0.15, -0.1) is 11.3 Å². The lowest BCUT2D eigenvalue weighted by molar-refractivity contribution is 0.0909. The van der Waals surface area contributed by atoms with Crippen LogP contribution in [0, 0.1) is 13.8 Å². The molecule has 108 valence electrons. The molecular weight excluding hydrogens is 290 g/mol. The highest BCUT2D eigenvalue weighted by Gasteiger charge is 2.25. The smallest absolute Gasteiger partial charge is 0.175 e. The van der Waals surface area contributed by atoms with Gasteiger partial charge in [-0.2, -0.15) is 0 Å². The Morgan fingerprint density at radius 2 is 2.05 bits per heavy atom. The minimum Gasteiger partial charge on any atom is -0.748 e. The van der Waals surface area contributed by atoms with Crippen molar-refractivity contribution in [1.29, 1.82) is 0 Å². The van der Waals surface area contributed by atoms with Gasteiger partial charge in [-0.3, -0.25) is 0 Å². The van der Waals surface area contributed by atoms with E-state index >= 15 is 0 Å². The van der Waals surface area contributed by atoms with E-state index in [1.807, 2.05) is 13.8 Å². The van der Waals surface area contributed by atoms with Gasteiger partial charge >= 0.3 is 0 Å². The maximum absolute atomic E-state index is 10.4. The highest BCUT2D eigenvalue weighted by Crippen LogP contribution is 2.43. The van der Waals surface area contributed by atoms with Crippen LogP contribution in [0.15, 0.2) is 0 Å². The van der Waals surface area contributed by atoms with Gasteiger partial charge < -0.3 is 19.3 Å². The van der Waals surface area contributed by atoms with Crippen molar-refractivity contribution in [2.75, 3.05) is 25.4 Å². The molecular formula is C11H16NO5S2-. The number of hydrogen-bond donors (Lipinski definition) is 1. The third kappa shape index (κ3) is 3.82. The molecule has 1 aromatic heterocycles. The number of aryl methyl sites for hydroxylation is 2. The van der Waals surface area contributed by atoms with E-state index in [9.17, 15) is 13.0 Å². The fourth-order valence-corrected chi connectivity index (χ4v) is 3.22. The zero-order chi connectivity index (χ0) is 14.0. The first kappa shape index (κ1) is 14.6. The summed E-state index contributed by atoms with van der Waals surface area (Å²) in [6.07, 6.45) is -0.172. The summed E-state index contributed by atoms with van der Waals surface area (Å²) in [5.74, 6) is 1.17. The zero-order valence-electron chi connectivity index (χ0n) is 10.8. The van der Waals surface area contributed by atoms with Gasteiger partial charge in [-0.05, 0) is 13.8 Å². The minimum absolute atomic E-state index is 0.125. The molecule has 8 heteroatoms. The number of rotatable bonds is 5. The second-order valence-electron chi connectivity index (χ2n) is 4.39. The maximum Gasteiger partial charge on any atom is 0.175 e. The predicted octanol–water partition coefficient (Wildman–Crippen LogP) is 0.640. The second kappa shape index (κ2) is 5.66. The van der Waals surface area contributed by atoms with Crippen LogP contribution < -0.4 is 14.8 Å². The van der Waals surface area contributed by atoms with Gasteiger partial charge in [0.15, 0.2) is 11.5 Å². The Morgan fingerprint density at radius 1 is 1.37 bits per heavy atom. The predicted molar refractivity (Wildman–Crippen MR) is 71.1 cm³/mol. The van der Waals surface area contributed by atoms with E-state index in [1.165, 1.54) is 0 Å². The molecule has 1 atom stereocenters. The van der Waals surface area contributed by atoms with Crippen molar-refractivity contribution in [3.8, 4) is 11.5 Å². The van der Waals surface area contributed by atoms with Crippen LogP contribution in [0.1, 0.15) is 9.75 Å². The quantitative estimate of drug-likeness (QED) is 0.634. The number of nitrogens with one attached hydrogen (secondary N) is 1. The standard InChI is InChI=1S/C11H17NO5S2/c1-7-10-11(8(2)18-7)17-9(6-16-10)5-12-3-4-19(13,14)15/h9,12H,3-6H2,1-2H3,(H,13,14,15)/p-1. The summed E-state index contributed by atoms with van der Waals surface area (Å²) < 4.78 is 42.8. The van der Waals surface area contributed by atoms with Crippen LogP contribution in [-0.4, -0.2) is 44.5 Å². The molecule has 0 saturated heterocycles. The van der Waals surface area contributed by atoms with Gasteiger partial charge in [0, 0.05) is 22.8 Å². The number of fused-ring (bicyclic) bond motifs is 1. The molecule has 0 aromatic carbocycles. The van der Waals surface area contributed by atoms with Gasteiger partial charge in [-0.1, -0.05) is 0 Å². The van der Waals surface area contributed by atoms with E-state index in [2.05, 4.69) is 5.32 Å². The Labute approximate surface area is 116 Å². The molecule has 0 saturated carbocycles. The average molecular weight is 306 g/mol. The first-order valence-corrected chi connectivity index (χ1v) is 8.30. The van der Waals surface area contributed by atoms with Crippen LogP contribution in [0.25, 0.3) is 0 Å². The van der Waals surface area contributed by atoms with Crippen molar-refractivity contribution in [2.24, 2.45) is 0 Å². The molecule has 0 radical (unpaired) electrons. The van der Waals surface area contributed by atoms with Crippen molar-refractivity contribution in [3.63, 3.8) is 0 Å².